The topological polar surface area (TPSA) is 93.5 Å². The molecule has 0 atom stereocenters. The van der Waals surface area contributed by atoms with Crippen LogP contribution in [0.2, 0.25) is 0 Å². The van der Waals surface area contributed by atoms with E-state index in [0.717, 1.165) is 12.8 Å². The molecule has 0 heterocycles. The number of nitrogens with two attached hydrogens (primary N) is 1. The first-order valence-electron chi connectivity index (χ1n) is 6.54. The minimum atomic E-state index is -0.288. The second-order valence-corrected chi connectivity index (χ2v) is 4.90. The van der Waals surface area contributed by atoms with Crippen LogP contribution in [0.4, 0.5) is 5.69 Å². The minimum Gasteiger partial charge on any atom is -0.399 e. The smallest absolute Gasteiger partial charge is 0.251 e. The normalized spacial score (nSPS) is 20.9. The summed E-state index contributed by atoms with van der Waals surface area (Å²) in [5.74, 6) is -0.475. The second-order valence-electron chi connectivity index (χ2n) is 4.90. The first kappa shape index (κ1) is 14.3. The number of hydrogen-bond donors (Lipinski definition) is 3. The van der Waals surface area contributed by atoms with Gasteiger partial charge < -0.3 is 21.1 Å². The lowest BCUT2D eigenvalue weighted by molar-refractivity contribution is -0.122. The Morgan fingerprint density at radius 2 is 1.95 bits per heavy atom. The molecule has 0 aromatic heterocycles. The average molecular weight is 277 g/mol. The number of carbonyl (C=O) groups is 2. The molecular formula is C14H19N3O3. The van der Waals surface area contributed by atoms with Crippen molar-refractivity contribution in [1.29, 1.82) is 0 Å². The number of hydrogen-bond acceptors (Lipinski definition) is 4. The quantitative estimate of drug-likeness (QED) is 0.674. The zero-order valence-electron chi connectivity index (χ0n) is 11.4. The standard InChI is InChI=1S/C14H19N3O3/c1-20-12-6-11(7-12)17-13(18)8-16-14(19)9-2-4-10(15)5-3-9/h2-5,11-12H,6-8,15H2,1H3,(H,16,19)(H,17,18). The van der Waals surface area contributed by atoms with Crippen LogP contribution in [0.5, 0.6) is 0 Å². The van der Waals surface area contributed by atoms with Gasteiger partial charge in [-0.05, 0) is 37.1 Å². The molecule has 0 radical (unpaired) electrons. The van der Waals surface area contributed by atoms with Gasteiger partial charge >= 0.3 is 0 Å². The van der Waals surface area contributed by atoms with Crippen molar-refractivity contribution in [3.8, 4) is 0 Å². The van der Waals surface area contributed by atoms with Crippen LogP contribution in [0.25, 0.3) is 0 Å². The molecule has 108 valence electrons. The summed E-state index contributed by atoms with van der Waals surface area (Å²) in [6, 6.07) is 6.69. The highest BCUT2D eigenvalue weighted by molar-refractivity contribution is 5.96. The van der Waals surface area contributed by atoms with Crippen LogP contribution in [0.3, 0.4) is 0 Å². The summed E-state index contributed by atoms with van der Waals surface area (Å²) in [6.45, 7) is -0.0304. The number of methoxy groups -OCH3 is 1. The number of nitrogens with one attached hydrogen (secondary N) is 2. The fourth-order valence-electron chi connectivity index (χ4n) is 2.05. The Bertz CT molecular complexity index is 481. The predicted molar refractivity (Wildman–Crippen MR) is 75.1 cm³/mol. The van der Waals surface area contributed by atoms with E-state index in [-0.39, 0.29) is 30.5 Å². The van der Waals surface area contributed by atoms with E-state index >= 15 is 0 Å². The fraction of sp³-hybridized carbons (Fsp3) is 0.429. The third kappa shape index (κ3) is 3.71. The monoisotopic (exact) mass is 277 g/mol. The van der Waals surface area contributed by atoms with E-state index in [9.17, 15) is 9.59 Å². The van der Waals surface area contributed by atoms with Crippen molar-refractivity contribution in [2.24, 2.45) is 0 Å². The van der Waals surface area contributed by atoms with E-state index in [1.54, 1.807) is 31.4 Å². The van der Waals surface area contributed by atoms with Crippen LogP contribution >= 0.6 is 0 Å². The van der Waals surface area contributed by atoms with Crippen LogP contribution < -0.4 is 16.4 Å². The maximum absolute atomic E-state index is 11.8. The van der Waals surface area contributed by atoms with Crippen molar-refractivity contribution >= 4 is 17.5 Å². The molecule has 6 heteroatoms. The molecule has 1 saturated carbocycles. The molecule has 0 spiro atoms. The highest BCUT2D eigenvalue weighted by Gasteiger charge is 2.29. The Morgan fingerprint density at radius 1 is 1.30 bits per heavy atom. The first-order chi connectivity index (χ1) is 9.58. The summed E-state index contributed by atoms with van der Waals surface area (Å²) < 4.78 is 5.13. The molecule has 0 saturated heterocycles. The van der Waals surface area contributed by atoms with Gasteiger partial charge in [-0.1, -0.05) is 0 Å². The number of carbonyl (C=O) groups excluding carboxylic acids is 2. The van der Waals surface area contributed by atoms with Gasteiger partial charge in [-0.3, -0.25) is 9.59 Å². The molecular weight excluding hydrogens is 258 g/mol. The van der Waals surface area contributed by atoms with Gasteiger partial charge in [0.1, 0.15) is 0 Å². The highest BCUT2D eigenvalue weighted by atomic mass is 16.5. The van der Waals surface area contributed by atoms with E-state index in [0.29, 0.717) is 11.3 Å². The van der Waals surface area contributed by atoms with Gasteiger partial charge in [0.05, 0.1) is 12.6 Å². The van der Waals surface area contributed by atoms with Gasteiger partial charge in [0.2, 0.25) is 5.91 Å². The number of rotatable bonds is 5. The SMILES string of the molecule is COC1CC(NC(=O)CNC(=O)c2ccc(N)cc2)C1. The molecule has 0 unspecified atom stereocenters. The largest absolute Gasteiger partial charge is 0.399 e. The highest BCUT2D eigenvalue weighted by Crippen LogP contribution is 2.22. The Hall–Kier alpha value is -2.08. The average Bonchev–Trinajstić information content (AvgIpc) is 2.40. The number of amides is 2. The summed E-state index contributed by atoms with van der Waals surface area (Å²) in [5, 5.41) is 5.42. The second kappa shape index (κ2) is 6.38. The van der Waals surface area contributed by atoms with Crippen molar-refractivity contribution in [3.63, 3.8) is 0 Å². The molecule has 20 heavy (non-hydrogen) atoms. The van der Waals surface area contributed by atoms with E-state index in [1.807, 2.05) is 0 Å². The summed E-state index contributed by atoms with van der Waals surface area (Å²) in [4.78, 5) is 23.4. The number of nitrogen functional groups attached to an aromatic ring is 1. The molecule has 1 aromatic carbocycles. The Morgan fingerprint density at radius 3 is 2.55 bits per heavy atom. The number of anilines is 1. The molecule has 1 aliphatic rings. The summed E-state index contributed by atoms with van der Waals surface area (Å²) >= 11 is 0. The molecule has 6 nitrogen and oxygen atoms in total. The molecule has 2 rings (SSSR count). The Balaban J connectivity index is 1.70. The molecule has 2 amide bonds. The number of benzene rings is 1. The van der Waals surface area contributed by atoms with E-state index in [4.69, 9.17) is 10.5 Å². The van der Waals surface area contributed by atoms with Crippen molar-refractivity contribution in [2.45, 2.75) is 25.0 Å². The van der Waals surface area contributed by atoms with Crippen LogP contribution in [0.15, 0.2) is 24.3 Å². The van der Waals surface area contributed by atoms with Crippen molar-refractivity contribution in [3.05, 3.63) is 29.8 Å². The first-order valence-corrected chi connectivity index (χ1v) is 6.54. The van der Waals surface area contributed by atoms with Crippen LogP contribution in [-0.2, 0) is 9.53 Å². The minimum absolute atomic E-state index is 0.0304. The Kier molecular flexibility index (Phi) is 4.57. The maximum atomic E-state index is 11.8. The lowest BCUT2D eigenvalue weighted by Crippen LogP contribution is -2.50. The van der Waals surface area contributed by atoms with E-state index in [1.165, 1.54) is 0 Å². The lowest BCUT2D eigenvalue weighted by atomic mass is 9.89. The molecule has 1 aromatic rings. The molecule has 4 N–H and O–H groups in total. The number of ether oxygens (including phenoxy) is 1. The fourth-order valence-corrected chi connectivity index (χ4v) is 2.05. The van der Waals surface area contributed by atoms with Gasteiger partial charge in [-0.15, -0.1) is 0 Å². The maximum Gasteiger partial charge on any atom is 0.251 e. The van der Waals surface area contributed by atoms with Crippen LogP contribution in [0, 0.1) is 0 Å². The predicted octanol–water partition coefficient (Wildman–Crippen LogP) is 0.292. The van der Waals surface area contributed by atoms with Crippen LogP contribution in [-0.4, -0.2) is 37.6 Å². The van der Waals surface area contributed by atoms with Crippen LogP contribution in [0.1, 0.15) is 23.2 Å². The van der Waals surface area contributed by atoms with Crippen molar-refractivity contribution in [2.75, 3.05) is 19.4 Å². The van der Waals surface area contributed by atoms with E-state index in [2.05, 4.69) is 10.6 Å². The van der Waals surface area contributed by atoms with Gasteiger partial charge in [0.25, 0.3) is 5.91 Å². The van der Waals surface area contributed by atoms with Gasteiger partial charge in [0.15, 0.2) is 0 Å². The zero-order valence-corrected chi connectivity index (χ0v) is 11.4. The summed E-state index contributed by atoms with van der Waals surface area (Å²) in [7, 11) is 1.66. The van der Waals surface area contributed by atoms with Crippen molar-refractivity contribution in [1.82, 2.24) is 10.6 Å². The summed E-state index contributed by atoms with van der Waals surface area (Å²) in [6.07, 6.45) is 1.90. The van der Waals surface area contributed by atoms with E-state index < -0.39 is 0 Å². The zero-order chi connectivity index (χ0) is 14.5. The molecule has 1 aliphatic carbocycles. The third-order valence-corrected chi connectivity index (χ3v) is 3.38. The Labute approximate surface area is 117 Å². The molecule has 0 aliphatic heterocycles. The molecule has 0 bridgehead atoms. The van der Waals surface area contributed by atoms with Gasteiger partial charge in [-0.25, -0.2) is 0 Å². The van der Waals surface area contributed by atoms with Crippen molar-refractivity contribution < 1.29 is 14.3 Å². The third-order valence-electron chi connectivity index (χ3n) is 3.38. The van der Waals surface area contributed by atoms with Gasteiger partial charge in [0, 0.05) is 24.4 Å². The molecule has 1 fully saturated rings. The summed E-state index contributed by atoms with van der Waals surface area (Å²) in [5.41, 5.74) is 6.62. The lowest BCUT2D eigenvalue weighted by Gasteiger charge is -2.34. The van der Waals surface area contributed by atoms with Gasteiger partial charge in [-0.2, -0.15) is 0 Å².